The minimum absolute atomic E-state index is 0.300. The predicted molar refractivity (Wildman–Crippen MR) is 73.9 cm³/mol. The predicted octanol–water partition coefficient (Wildman–Crippen LogP) is -2.53. The van der Waals surface area contributed by atoms with Crippen molar-refractivity contribution in [2.75, 3.05) is 26.2 Å². The number of carboxylic acid groups (broad SMARTS) is 4. The number of amides is 1. The molecule has 0 aliphatic rings. The number of carbonyl (C=O) groups is 6. The molecule has 0 radical (unpaired) electrons. The van der Waals surface area contributed by atoms with E-state index in [0.717, 1.165) is 0 Å². The van der Waals surface area contributed by atoms with E-state index in [1.807, 2.05) is 0 Å². The van der Waals surface area contributed by atoms with Gasteiger partial charge in [-0.05, 0) is 0 Å². The largest absolute Gasteiger partial charge is 0.480 e. The third-order valence-electron chi connectivity index (χ3n) is 2.17. The van der Waals surface area contributed by atoms with Crippen LogP contribution < -0.4 is 0 Å². The molecule has 0 aromatic heterocycles. The van der Waals surface area contributed by atoms with Crippen LogP contribution in [0.2, 0.25) is 0 Å². The average molecular weight is 362 g/mol. The van der Waals surface area contributed by atoms with Crippen LogP contribution in [0.15, 0.2) is 12.2 Å². The van der Waals surface area contributed by atoms with E-state index in [1.165, 1.54) is 0 Å². The van der Waals surface area contributed by atoms with Crippen molar-refractivity contribution >= 4 is 35.8 Å². The molecule has 138 valence electrons. The first-order chi connectivity index (χ1) is 11.5. The van der Waals surface area contributed by atoms with E-state index in [9.17, 15) is 28.8 Å². The first kappa shape index (κ1) is 21.5. The number of hydrogen-bond acceptors (Lipinski definition) is 8. The Morgan fingerprint density at radius 2 is 1.08 bits per heavy atom. The summed E-state index contributed by atoms with van der Waals surface area (Å²) >= 11 is 0. The van der Waals surface area contributed by atoms with E-state index in [0.29, 0.717) is 22.1 Å². The summed E-state index contributed by atoms with van der Waals surface area (Å²) < 4.78 is 0. The standard InChI is InChI=1S/C12H14N2O11/c15-7(13(3-8(16)17)4-9(18)19)1-2-12(24)25-14(5-10(20)21)6-11(22)23/h1-2H,3-6H2,(H,16,17)(H,18,19)(H,20,21)(H,22,23). The van der Waals surface area contributed by atoms with Crippen molar-refractivity contribution in [2.24, 2.45) is 0 Å². The Hall–Kier alpha value is -3.48. The van der Waals surface area contributed by atoms with Crippen molar-refractivity contribution in [1.29, 1.82) is 0 Å². The molecule has 0 unspecified atom stereocenters. The van der Waals surface area contributed by atoms with Gasteiger partial charge in [-0.25, -0.2) is 4.79 Å². The molecule has 1 amide bonds. The lowest BCUT2D eigenvalue weighted by atomic mass is 10.4. The summed E-state index contributed by atoms with van der Waals surface area (Å²) in [5, 5.41) is 34.6. The van der Waals surface area contributed by atoms with E-state index in [4.69, 9.17) is 20.4 Å². The SMILES string of the molecule is O=C(O)CN(CC(=O)O)OC(=O)C=CC(=O)N(CC(=O)O)CC(=O)O. The molecule has 0 spiro atoms. The highest BCUT2D eigenvalue weighted by atomic mass is 16.7. The summed E-state index contributed by atoms with van der Waals surface area (Å²) in [5.41, 5.74) is 0. The molecule has 0 saturated carbocycles. The molecule has 4 N–H and O–H groups in total. The highest BCUT2D eigenvalue weighted by Gasteiger charge is 2.19. The Morgan fingerprint density at radius 1 is 0.680 bits per heavy atom. The molecule has 0 fully saturated rings. The zero-order valence-electron chi connectivity index (χ0n) is 12.5. The molecule has 0 rings (SSSR count). The van der Waals surface area contributed by atoms with Crippen molar-refractivity contribution < 1.29 is 54.0 Å². The van der Waals surface area contributed by atoms with Gasteiger partial charge in [-0.1, -0.05) is 0 Å². The summed E-state index contributed by atoms with van der Waals surface area (Å²) in [5.74, 6) is -8.39. The summed E-state index contributed by atoms with van der Waals surface area (Å²) in [6.07, 6.45) is 0.976. The highest BCUT2D eigenvalue weighted by Crippen LogP contribution is 1.96. The molecular weight excluding hydrogens is 348 g/mol. The molecule has 0 heterocycles. The molecule has 13 heteroatoms. The molecule has 13 nitrogen and oxygen atoms in total. The van der Waals surface area contributed by atoms with Crippen molar-refractivity contribution in [3.8, 4) is 0 Å². The molecule has 0 bridgehead atoms. The van der Waals surface area contributed by atoms with Crippen molar-refractivity contribution in [2.45, 2.75) is 0 Å². The fourth-order valence-electron chi connectivity index (χ4n) is 1.36. The Labute approximate surface area is 139 Å². The molecule has 0 saturated heterocycles. The molecule has 0 aromatic carbocycles. The van der Waals surface area contributed by atoms with Crippen LogP contribution in [-0.4, -0.2) is 92.3 Å². The van der Waals surface area contributed by atoms with Crippen molar-refractivity contribution in [3.05, 3.63) is 12.2 Å². The van der Waals surface area contributed by atoms with Crippen LogP contribution in [0.1, 0.15) is 0 Å². The summed E-state index contributed by atoms with van der Waals surface area (Å²) in [6, 6.07) is 0. The normalized spacial score (nSPS) is 10.4. The maximum absolute atomic E-state index is 11.7. The minimum Gasteiger partial charge on any atom is -0.480 e. The van der Waals surface area contributed by atoms with Gasteiger partial charge in [0.2, 0.25) is 5.91 Å². The number of hydroxylamine groups is 2. The Bertz CT molecular complexity index is 566. The monoisotopic (exact) mass is 362 g/mol. The number of nitrogens with zero attached hydrogens (tertiary/aromatic N) is 2. The Kier molecular flexibility index (Phi) is 8.89. The quantitative estimate of drug-likeness (QED) is 0.222. The van der Waals surface area contributed by atoms with Gasteiger partial charge in [-0.15, -0.1) is 5.06 Å². The summed E-state index contributed by atoms with van der Waals surface area (Å²) in [7, 11) is 0. The lowest BCUT2D eigenvalue weighted by Crippen LogP contribution is -2.38. The first-order valence-electron chi connectivity index (χ1n) is 6.32. The third kappa shape index (κ3) is 10.8. The third-order valence-corrected chi connectivity index (χ3v) is 2.17. The van der Waals surface area contributed by atoms with Crippen LogP contribution in [0, 0.1) is 0 Å². The second kappa shape index (κ2) is 10.3. The van der Waals surface area contributed by atoms with Crippen LogP contribution in [0.5, 0.6) is 0 Å². The van der Waals surface area contributed by atoms with E-state index in [-0.39, 0.29) is 0 Å². The zero-order valence-corrected chi connectivity index (χ0v) is 12.5. The van der Waals surface area contributed by atoms with E-state index in [2.05, 4.69) is 4.84 Å². The topological polar surface area (TPSA) is 199 Å². The lowest BCUT2D eigenvalue weighted by molar-refractivity contribution is -0.191. The number of carboxylic acids is 4. The second-order valence-corrected chi connectivity index (χ2v) is 4.31. The van der Waals surface area contributed by atoms with Crippen molar-refractivity contribution in [3.63, 3.8) is 0 Å². The van der Waals surface area contributed by atoms with Gasteiger partial charge in [-0.2, -0.15) is 0 Å². The van der Waals surface area contributed by atoms with Gasteiger partial charge in [0, 0.05) is 12.2 Å². The van der Waals surface area contributed by atoms with Gasteiger partial charge in [0.15, 0.2) is 0 Å². The van der Waals surface area contributed by atoms with Crippen molar-refractivity contribution in [1.82, 2.24) is 9.96 Å². The van der Waals surface area contributed by atoms with Crippen LogP contribution in [0.25, 0.3) is 0 Å². The maximum Gasteiger partial charge on any atom is 0.349 e. The van der Waals surface area contributed by atoms with Gasteiger partial charge < -0.3 is 30.2 Å². The highest BCUT2D eigenvalue weighted by molar-refractivity contribution is 5.97. The fraction of sp³-hybridized carbons (Fsp3) is 0.333. The molecule has 0 aliphatic heterocycles. The van der Waals surface area contributed by atoms with Crippen LogP contribution in [0.4, 0.5) is 0 Å². The first-order valence-corrected chi connectivity index (χ1v) is 6.32. The number of aliphatic carboxylic acids is 4. The molecule has 0 aromatic rings. The van der Waals surface area contributed by atoms with Gasteiger partial charge in [0.1, 0.15) is 26.2 Å². The van der Waals surface area contributed by atoms with Gasteiger partial charge in [0.05, 0.1) is 0 Å². The molecule has 0 aliphatic carbocycles. The smallest absolute Gasteiger partial charge is 0.349 e. The van der Waals surface area contributed by atoms with Gasteiger partial charge in [-0.3, -0.25) is 24.0 Å². The second-order valence-electron chi connectivity index (χ2n) is 4.31. The fourth-order valence-corrected chi connectivity index (χ4v) is 1.36. The van der Waals surface area contributed by atoms with Crippen LogP contribution >= 0.6 is 0 Å². The van der Waals surface area contributed by atoms with E-state index >= 15 is 0 Å². The maximum atomic E-state index is 11.7. The summed E-state index contributed by atoms with van der Waals surface area (Å²) in [4.78, 5) is 70.1. The van der Waals surface area contributed by atoms with E-state index < -0.39 is 61.9 Å². The zero-order chi connectivity index (χ0) is 19.6. The Morgan fingerprint density at radius 3 is 1.44 bits per heavy atom. The molecule has 0 atom stereocenters. The molecule has 25 heavy (non-hydrogen) atoms. The van der Waals surface area contributed by atoms with E-state index in [1.54, 1.807) is 0 Å². The average Bonchev–Trinajstić information content (AvgIpc) is 2.41. The van der Waals surface area contributed by atoms with Crippen LogP contribution in [0.3, 0.4) is 0 Å². The van der Waals surface area contributed by atoms with Gasteiger partial charge in [0.25, 0.3) is 0 Å². The Balaban J connectivity index is 4.88. The number of rotatable bonds is 11. The van der Waals surface area contributed by atoms with Crippen LogP contribution in [-0.2, 0) is 33.6 Å². The number of hydrogen-bond donors (Lipinski definition) is 4. The molecular formula is C12H14N2O11. The summed E-state index contributed by atoms with van der Waals surface area (Å²) in [6.45, 7) is -3.75. The number of carbonyl (C=O) groups excluding carboxylic acids is 2. The lowest BCUT2D eigenvalue weighted by Gasteiger charge is -2.17. The van der Waals surface area contributed by atoms with Gasteiger partial charge >= 0.3 is 29.8 Å². The minimum atomic E-state index is -1.49.